The lowest BCUT2D eigenvalue weighted by Gasteiger charge is -2.26. The van der Waals surface area contributed by atoms with Gasteiger partial charge in [0.05, 0.1) is 36.6 Å². The Labute approximate surface area is 152 Å². The fourth-order valence-corrected chi connectivity index (χ4v) is 3.34. The number of amides is 1. The third-order valence-electron chi connectivity index (χ3n) is 4.72. The van der Waals surface area contributed by atoms with Gasteiger partial charge in [0.15, 0.2) is 5.76 Å². The molecule has 1 atom stereocenters. The van der Waals surface area contributed by atoms with Crippen LogP contribution in [0, 0.1) is 6.92 Å². The molecular formula is C19H23N3O4. The van der Waals surface area contributed by atoms with Crippen LogP contribution in [0.5, 0.6) is 0 Å². The van der Waals surface area contributed by atoms with Gasteiger partial charge in [0.25, 0.3) is 0 Å². The van der Waals surface area contributed by atoms with Crippen molar-refractivity contribution in [2.75, 3.05) is 32.1 Å². The van der Waals surface area contributed by atoms with E-state index in [1.807, 2.05) is 13.0 Å². The second-order valence-corrected chi connectivity index (χ2v) is 6.46. The molecule has 26 heavy (non-hydrogen) atoms. The Morgan fingerprint density at radius 2 is 2.15 bits per heavy atom. The number of hydrogen-bond acceptors (Lipinski definition) is 6. The number of benzene rings is 1. The number of para-hydroxylation sites is 1. The molecule has 2 aromatic rings. The first-order valence-corrected chi connectivity index (χ1v) is 8.62. The lowest BCUT2D eigenvalue weighted by Crippen LogP contribution is -2.38. The first-order chi connectivity index (χ1) is 12.5. The molecule has 2 heterocycles. The summed E-state index contributed by atoms with van der Waals surface area (Å²) in [4.78, 5) is 28.4. The summed E-state index contributed by atoms with van der Waals surface area (Å²) in [5.41, 5.74) is 1.74. The zero-order valence-electron chi connectivity index (χ0n) is 15.3. The van der Waals surface area contributed by atoms with E-state index in [2.05, 4.69) is 10.1 Å². The van der Waals surface area contributed by atoms with Crippen molar-refractivity contribution in [3.8, 4) is 0 Å². The van der Waals surface area contributed by atoms with Crippen LogP contribution in [-0.4, -0.2) is 49.2 Å². The average molecular weight is 357 g/mol. The molecule has 7 heteroatoms. The Morgan fingerprint density at radius 1 is 1.38 bits per heavy atom. The summed E-state index contributed by atoms with van der Waals surface area (Å²) < 4.78 is 10.2. The third kappa shape index (κ3) is 3.62. The first-order valence-electron chi connectivity index (χ1n) is 8.62. The number of methoxy groups -OCH3 is 1. The van der Waals surface area contributed by atoms with E-state index in [1.165, 1.54) is 12.0 Å². The number of likely N-dealkylation sites (tertiary alicyclic amines) is 1. The fraction of sp³-hybridized carbons (Fsp3) is 0.421. The van der Waals surface area contributed by atoms with Crippen molar-refractivity contribution in [3.63, 3.8) is 0 Å². The number of carbonyl (C=O) groups is 2. The second-order valence-electron chi connectivity index (χ2n) is 6.46. The third-order valence-corrected chi connectivity index (χ3v) is 4.72. The van der Waals surface area contributed by atoms with Gasteiger partial charge in [-0.25, -0.2) is 4.79 Å². The Bertz CT molecular complexity index is 802. The summed E-state index contributed by atoms with van der Waals surface area (Å²) in [6.45, 7) is 2.95. The highest BCUT2D eigenvalue weighted by Crippen LogP contribution is 2.32. The summed E-state index contributed by atoms with van der Waals surface area (Å²) in [6, 6.07) is 8.92. The van der Waals surface area contributed by atoms with E-state index < -0.39 is 5.97 Å². The molecule has 7 nitrogen and oxygen atoms in total. The van der Waals surface area contributed by atoms with Gasteiger partial charge >= 0.3 is 5.97 Å². The normalized spacial score (nSPS) is 17.3. The molecule has 1 amide bonds. The van der Waals surface area contributed by atoms with Gasteiger partial charge in [0.2, 0.25) is 5.91 Å². The standard InChI is InChI=1S/C19H23N3O4/c1-13-11-17(26-20-13)16-9-6-10-22(16)12-18(23)21(2)15-8-5-4-7-14(15)19(24)25-3/h4-5,7-8,11,16H,6,9-10,12H2,1-3H3/t16-/m1/s1. The average Bonchev–Trinajstić information content (AvgIpc) is 3.28. The molecule has 1 aromatic carbocycles. The van der Waals surface area contributed by atoms with Crippen LogP contribution in [0.2, 0.25) is 0 Å². The molecule has 0 N–H and O–H groups in total. The van der Waals surface area contributed by atoms with Crippen LogP contribution in [0.4, 0.5) is 5.69 Å². The van der Waals surface area contributed by atoms with Crippen molar-refractivity contribution in [1.82, 2.24) is 10.1 Å². The molecule has 0 bridgehead atoms. The van der Waals surface area contributed by atoms with Crippen LogP contribution in [-0.2, 0) is 9.53 Å². The Kier molecular flexibility index (Phi) is 5.37. The highest BCUT2D eigenvalue weighted by atomic mass is 16.5. The maximum Gasteiger partial charge on any atom is 0.339 e. The van der Waals surface area contributed by atoms with E-state index in [1.54, 1.807) is 31.3 Å². The predicted octanol–water partition coefficient (Wildman–Crippen LogP) is 2.57. The van der Waals surface area contributed by atoms with Gasteiger partial charge in [0.1, 0.15) is 0 Å². The van der Waals surface area contributed by atoms with Crippen molar-refractivity contribution < 1.29 is 18.8 Å². The molecule has 1 saturated heterocycles. The molecule has 1 fully saturated rings. The summed E-state index contributed by atoms with van der Waals surface area (Å²) >= 11 is 0. The Hall–Kier alpha value is -2.67. The van der Waals surface area contributed by atoms with Crippen molar-refractivity contribution in [2.45, 2.75) is 25.8 Å². The summed E-state index contributed by atoms with van der Waals surface area (Å²) in [5.74, 6) is 0.242. The van der Waals surface area contributed by atoms with Crippen LogP contribution in [0.1, 0.15) is 40.7 Å². The molecule has 0 unspecified atom stereocenters. The minimum atomic E-state index is -0.462. The maximum absolute atomic E-state index is 12.8. The SMILES string of the molecule is COC(=O)c1ccccc1N(C)C(=O)CN1CCC[C@@H]1c1cc(C)no1. The molecule has 0 spiro atoms. The van der Waals surface area contributed by atoms with Gasteiger partial charge in [-0.3, -0.25) is 9.69 Å². The van der Waals surface area contributed by atoms with Crippen molar-refractivity contribution >= 4 is 17.6 Å². The van der Waals surface area contributed by atoms with Crippen LogP contribution in [0.25, 0.3) is 0 Å². The van der Waals surface area contributed by atoms with Gasteiger partial charge in [-0.2, -0.15) is 0 Å². The molecule has 1 aliphatic rings. The monoisotopic (exact) mass is 357 g/mol. The van der Waals surface area contributed by atoms with E-state index in [9.17, 15) is 9.59 Å². The van der Waals surface area contributed by atoms with Crippen LogP contribution in [0.15, 0.2) is 34.9 Å². The minimum absolute atomic E-state index is 0.0596. The van der Waals surface area contributed by atoms with E-state index in [0.717, 1.165) is 30.8 Å². The summed E-state index contributed by atoms with van der Waals surface area (Å²) in [6.07, 6.45) is 1.94. The van der Waals surface area contributed by atoms with Gasteiger partial charge < -0.3 is 14.2 Å². The highest BCUT2D eigenvalue weighted by Gasteiger charge is 2.31. The van der Waals surface area contributed by atoms with Crippen LogP contribution < -0.4 is 4.90 Å². The summed E-state index contributed by atoms with van der Waals surface area (Å²) in [5, 5.41) is 3.95. The molecule has 3 rings (SSSR count). The highest BCUT2D eigenvalue weighted by molar-refractivity contribution is 6.02. The number of rotatable bonds is 5. The number of likely N-dealkylation sites (N-methyl/N-ethyl adjacent to an activating group) is 1. The number of esters is 1. The number of anilines is 1. The predicted molar refractivity (Wildman–Crippen MR) is 96.0 cm³/mol. The molecule has 0 saturated carbocycles. The molecule has 1 aromatic heterocycles. The lowest BCUT2D eigenvalue weighted by molar-refractivity contribution is -0.119. The van der Waals surface area contributed by atoms with E-state index in [0.29, 0.717) is 11.3 Å². The molecule has 1 aliphatic heterocycles. The zero-order valence-corrected chi connectivity index (χ0v) is 15.3. The maximum atomic E-state index is 12.8. The van der Waals surface area contributed by atoms with Crippen LogP contribution in [0.3, 0.4) is 0 Å². The van der Waals surface area contributed by atoms with Crippen molar-refractivity contribution in [3.05, 3.63) is 47.3 Å². The molecule has 0 radical (unpaired) electrons. The minimum Gasteiger partial charge on any atom is -0.465 e. The Morgan fingerprint density at radius 3 is 2.85 bits per heavy atom. The second kappa shape index (κ2) is 7.70. The van der Waals surface area contributed by atoms with Gasteiger partial charge in [-0.1, -0.05) is 17.3 Å². The van der Waals surface area contributed by atoms with Gasteiger partial charge in [-0.05, 0) is 38.4 Å². The smallest absolute Gasteiger partial charge is 0.339 e. The zero-order chi connectivity index (χ0) is 18.7. The first kappa shape index (κ1) is 18.1. The number of hydrogen-bond donors (Lipinski definition) is 0. The summed E-state index contributed by atoms with van der Waals surface area (Å²) in [7, 11) is 3.00. The fourth-order valence-electron chi connectivity index (χ4n) is 3.34. The van der Waals surface area contributed by atoms with E-state index >= 15 is 0 Å². The number of aromatic nitrogens is 1. The Balaban J connectivity index is 1.74. The molecule has 0 aliphatic carbocycles. The number of carbonyl (C=O) groups excluding carboxylic acids is 2. The number of nitrogens with zero attached hydrogens (tertiary/aromatic N) is 3. The number of aryl methyl sites for hydroxylation is 1. The largest absolute Gasteiger partial charge is 0.465 e. The van der Waals surface area contributed by atoms with E-state index in [-0.39, 0.29) is 18.5 Å². The van der Waals surface area contributed by atoms with Gasteiger partial charge in [-0.15, -0.1) is 0 Å². The molecular weight excluding hydrogens is 334 g/mol. The molecule has 138 valence electrons. The van der Waals surface area contributed by atoms with Crippen molar-refractivity contribution in [2.24, 2.45) is 0 Å². The lowest BCUT2D eigenvalue weighted by atomic mass is 10.1. The van der Waals surface area contributed by atoms with Crippen LogP contribution >= 0.6 is 0 Å². The van der Waals surface area contributed by atoms with Crippen molar-refractivity contribution in [1.29, 1.82) is 0 Å². The quantitative estimate of drug-likeness (QED) is 0.766. The topological polar surface area (TPSA) is 75.9 Å². The van der Waals surface area contributed by atoms with E-state index in [4.69, 9.17) is 9.26 Å². The number of ether oxygens (including phenoxy) is 1. The van der Waals surface area contributed by atoms with Gasteiger partial charge in [0, 0.05) is 13.1 Å².